The number of phenolic OH excluding ortho intramolecular Hbond substituents is 1. The Morgan fingerprint density at radius 3 is 2.26 bits per heavy atom. The van der Waals surface area contributed by atoms with Crippen LogP contribution in [0, 0.1) is 0 Å². The number of hydrogen-bond acceptors (Lipinski definition) is 1. The molecule has 1 N–H and O–H groups in total. The number of hydrogen-bond donors (Lipinski definition) is 1. The minimum atomic E-state index is 0.411. The van der Waals surface area contributed by atoms with Crippen LogP contribution in [0.2, 0.25) is 0 Å². The first-order valence-electron chi connectivity index (χ1n) is 6.72. The summed E-state index contributed by atoms with van der Waals surface area (Å²) < 4.78 is 0.867. The van der Waals surface area contributed by atoms with E-state index < -0.39 is 0 Å². The number of rotatable bonds is 4. The van der Waals surface area contributed by atoms with Crippen LogP contribution in [-0.4, -0.2) is 30.2 Å². The van der Waals surface area contributed by atoms with E-state index >= 15 is 0 Å². The Balaban J connectivity index is 2.39. The quantitative estimate of drug-likeness (QED) is 0.828. The molecule has 0 atom stereocenters. The first-order valence-corrected chi connectivity index (χ1v) is 6.72. The molecule has 0 fully saturated rings. The first kappa shape index (κ1) is 13.6. The normalized spacial score (nSPS) is 11.5. The highest BCUT2D eigenvalue weighted by molar-refractivity contribution is 5.71. The predicted octanol–water partition coefficient (Wildman–Crippen LogP) is 3.66. The molecule has 0 aliphatic rings. The van der Waals surface area contributed by atoms with Crippen molar-refractivity contribution < 1.29 is 9.59 Å². The summed E-state index contributed by atoms with van der Waals surface area (Å²) in [6.45, 7) is 4.04. The number of phenols is 1. The van der Waals surface area contributed by atoms with Crippen LogP contribution in [0.1, 0.15) is 12.5 Å². The van der Waals surface area contributed by atoms with Gasteiger partial charge in [0.25, 0.3) is 0 Å². The number of quaternary nitrogens is 1. The van der Waals surface area contributed by atoms with E-state index in [0.29, 0.717) is 5.75 Å². The van der Waals surface area contributed by atoms with E-state index in [-0.39, 0.29) is 0 Å². The van der Waals surface area contributed by atoms with Crippen LogP contribution in [0.4, 0.5) is 0 Å². The fourth-order valence-corrected chi connectivity index (χ4v) is 2.14. The molecular formula is C17H22NO+. The van der Waals surface area contributed by atoms with Crippen molar-refractivity contribution in [1.82, 2.24) is 0 Å². The van der Waals surface area contributed by atoms with Crippen LogP contribution in [0.15, 0.2) is 48.5 Å². The second kappa shape index (κ2) is 5.45. The van der Waals surface area contributed by atoms with Crippen molar-refractivity contribution in [1.29, 1.82) is 0 Å². The van der Waals surface area contributed by atoms with E-state index in [0.717, 1.165) is 34.3 Å². The highest BCUT2D eigenvalue weighted by atomic mass is 16.3. The predicted molar refractivity (Wildman–Crippen MR) is 79.9 cm³/mol. The molecule has 0 aliphatic carbocycles. The molecule has 2 aromatic rings. The van der Waals surface area contributed by atoms with Gasteiger partial charge in [0.1, 0.15) is 12.3 Å². The van der Waals surface area contributed by atoms with Gasteiger partial charge in [-0.3, -0.25) is 0 Å². The third-order valence-electron chi connectivity index (χ3n) is 3.66. The summed E-state index contributed by atoms with van der Waals surface area (Å²) in [4.78, 5) is 0. The van der Waals surface area contributed by atoms with Crippen LogP contribution >= 0.6 is 0 Å². The first-order chi connectivity index (χ1) is 9.03. The molecule has 0 aromatic heterocycles. The molecule has 2 aromatic carbocycles. The largest absolute Gasteiger partial charge is 0.507 e. The molecule has 2 heteroatoms. The summed E-state index contributed by atoms with van der Waals surface area (Å²) in [5.41, 5.74) is 2.98. The van der Waals surface area contributed by atoms with Gasteiger partial charge >= 0.3 is 0 Å². The SMILES string of the molecule is CC[N+](C)(C)Cc1cccc(-c2ccccc2)c1O. The molecule has 100 valence electrons. The zero-order chi connectivity index (χ0) is 13.9. The van der Waals surface area contributed by atoms with Gasteiger partial charge in [0.05, 0.1) is 20.6 Å². The Labute approximate surface area is 115 Å². The lowest BCUT2D eigenvalue weighted by atomic mass is 10.0. The van der Waals surface area contributed by atoms with Crippen molar-refractivity contribution in [2.75, 3.05) is 20.6 Å². The maximum absolute atomic E-state index is 10.5. The second-order valence-corrected chi connectivity index (χ2v) is 5.59. The average molecular weight is 256 g/mol. The standard InChI is InChI=1S/C17H21NO/c1-4-18(2,3)13-15-11-8-12-16(17(15)19)14-9-6-5-7-10-14/h5-12H,4,13H2,1-3H3/p+1. The Bertz CT molecular complexity index is 546. The van der Waals surface area contributed by atoms with Gasteiger partial charge in [0, 0.05) is 11.1 Å². The van der Waals surface area contributed by atoms with Crippen LogP contribution in [0.5, 0.6) is 5.75 Å². The van der Waals surface area contributed by atoms with Crippen LogP contribution in [0.3, 0.4) is 0 Å². The molecule has 0 amide bonds. The fourth-order valence-electron chi connectivity index (χ4n) is 2.14. The van der Waals surface area contributed by atoms with Gasteiger partial charge in [-0.05, 0) is 18.6 Å². The van der Waals surface area contributed by atoms with Crippen LogP contribution < -0.4 is 0 Å². The second-order valence-electron chi connectivity index (χ2n) is 5.59. The molecular weight excluding hydrogens is 234 g/mol. The van der Waals surface area contributed by atoms with E-state index in [2.05, 4.69) is 21.0 Å². The summed E-state index contributed by atoms with van der Waals surface area (Å²) >= 11 is 0. The summed E-state index contributed by atoms with van der Waals surface area (Å²) in [5, 5.41) is 10.5. The van der Waals surface area contributed by atoms with E-state index in [1.807, 2.05) is 48.5 Å². The Kier molecular flexibility index (Phi) is 3.91. The Morgan fingerprint density at radius 1 is 0.947 bits per heavy atom. The average Bonchev–Trinajstić information content (AvgIpc) is 2.42. The van der Waals surface area contributed by atoms with Crippen molar-refractivity contribution in [2.45, 2.75) is 13.5 Å². The summed E-state index contributed by atoms with van der Waals surface area (Å²) in [6, 6.07) is 16.0. The zero-order valence-electron chi connectivity index (χ0n) is 11.9. The lowest BCUT2D eigenvalue weighted by Crippen LogP contribution is -2.38. The Morgan fingerprint density at radius 2 is 1.63 bits per heavy atom. The van der Waals surface area contributed by atoms with Crippen molar-refractivity contribution in [3.05, 3.63) is 54.1 Å². The molecule has 0 spiro atoms. The summed E-state index contributed by atoms with van der Waals surface area (Å²) in [6.07, 6.45) is 0. The maximum atomic E-state index is 10.5. The van der Waals surface area contributed by atoms with E-state index in [1.165, 1.54) is 0 Å². The van der Waals surface area contributed by atoms with Gasteiger partial charge in [-0.1, -0.05) is 42.5 Å². The van der Waals surface area contributed by atoms with Crippen molar-refractivity contribution >= 4 is 0 Å². The van der Waals surface area contributed by atoms with Gasteiger partial charge in [0.15, 0.2) is 0 Å². The zero-order valence-corrected chi connectivity index (χ0v) is 11.9. The molecule has 2 rings (SSSR count). The molecule has 2 nitrogen and oxygen atoms in total. The van der Waals surface area contributed by atoms with Gasteiger partial charge < -0.3 is 9.59 Å². The van der Waals surface area contributed by atoms with Gasteiger partial charge in [-0.25, -0.2) is 0 Å². The van der Waals surface area contributed by atoms with Crippen molar-refractivity contribution in [3.8, 4) is 16.9 Å². The fraction of sp³-hybridized carbons (Fsp3) is 0.294. The van der Waals surface area contributed by atoms with Gasteiger partial charge in [0.2, 0.25) is 0 Å². The molecule has 0 unspecified atom stereocenters. The smallest absolute Gasteiger partial charge is 0.132 e. The highest BCUT2D eigenvalue weighted by Crippen LogP contribution is 2.33. The van der Waals surface area contributed by atoms with Crippen molar-refractivity contribution in [3.63, 3.8) is 0 Å². The molecule has 0 saturated heterocycles. The van der Waals surface area contributed by atoms with E-state index in [9.17, 15) is 5.11 Å². The number of benzene rings is 2. The molecule has 0 bridgehead atoms. The minimum Gasteiger partial charge on any atom is -0.507 e. The van der Waals surface area contributed by atoms with Crippen molar-refractivity contribution in [2.24, 2.45) is 0 Å². The maximum Gasteiger partial charge on any atom is 0.132 e. The third kappa shape index (κ3) is 3.15. The molecule has 0 radical (unpaired) electrons. The van der Waals surface area contributed by atoms with Gasteiger partial charge in [-0.15, -0.1) is 0 Å². The van der Waals surface area contributed by atoms with E-state index in [4.69, 9.17) is 0 Å². The van der Waals surface area contributed by atoms with E-state index in [1.54, 1.807) is 0 Å². The monoisotopic (exact) mass is 256 g/mol. The summed E-state index contributed by atoms with van der Waals surface area (Å²) in [7, 11) is 4.35. The molecule has 0 aliphatic heterocycles. The lowest BCUT2D eigenvalue weighted by molar-refractivity contribution is -0.901. The number of para-hydroxylation sites is 1. The van der Waals surface area contributed by atoms with Gasteiger partial charge in [-0.2, -0.15) is 0 Å². The highest BCUT2D eigenvalue weighted by Gasteiger charge is 2.17. The topological polar surface area (TPSA) is 20.2 Å². The molecule has 0 saturated carbocycles. The summed E-state index contributed by atoms with van der Waals surface area (Å²) in [5.74, 6) is 0.411. The minimum absolute atomic E-state index is 0.411. The van der Waals surface area contributed by atoms with Crippen LogP contribution in [0.25, 0.3) is 11.1 Å². The lowest BCUT2D eigenvalue weighted by Gasteiger charge is -2.28. The third-order valence-corrected chi connectivity index (χ3v) is 3.66. The number of nitrogens with zero attached hydrogens (tertiary/aromatic N) is 1. The molecule has 19 heavy (non-hydrogen) atoms. The van der Waals surface area contributed by atoms with Crippen LogP contribution in [-0.2, 0) is 6.54 Å². The molecule has 0 heterocycles. The Hall–Kier alpha value is -1.80. The number of aromatic hydroxyl groups is 1.